The lowest BCUT2D eigenvalue weighted by Gasteiger charge is -2.29. The number of hydrogen-bond acceptors (Lipinski definition) is 2. The van der Waals surface area contributed by atoms with E-state index in [1.54, 1.807) is 0 Å². The molecule has 0 radical (unpaired) electrons. The van der Waals surface area contributed by atoms with E-state index in [1.165, 1.54) is 26.1 Å². The van der Waals surface area contributed by atoms with Crippen LogP contribution in [0.15, 0.2) is 0 Å². The van der Waals surface area contributed by atoms with Crippen LogP contribution in [0.2, 0.25) is 0 Å². The normalized spacial score (nSPS) is 29.1. The van der Waals surface area contributed by atoms with Crippen molar-refractivity contribution in [2.75, 3.05) is 19.6 Å². The SMILES string of the molecule is CCN(CC1CCNC1C)C(C)C. The Morgan fingerprint density at radius 2 is 2.15 bits per heavy atom. The Labute approximate surface area is 82.7 Å². The average Bonchev–Trinajstić information content (AvgIpc) is 2.46. The van der Waals surface area contributed by atoms with Crippen LogP contribution in [0.1, 0.15) is 34.1 Å². The van der Waals surface area contributed by atoms with Crippen molar-refractivity contribution < 1.29 is 0 Å². The predicted molar refractivity (Wildman–Crippen MR) is 58.0 cm³/mol. The molecule has 1 N–H and O–H groups in total. The van der Waals surface area contributed by atoms with Gasteiger partial charge in [-0.3, -0.25) is 0 Å². The quantitative estimate of drug-likeness (QED) is 0.715. The molecule has 2 nitrogen and oxygen atoms in total. The van der Waals surface area contributed by atoms with Gasteiger partial charge in [0.1, 0.15) is 0 Å². The van der Waals surface area contributed by atoms with E-state index in [1.807, 2.05) is 0 Å². The van der Waals surface area contributed by atoms with Crippen LogP contribution in [0.5, 0.6) is 0 Å². The molecular weight excluding hydrogens is 160 g/mol. The van der Waals surface area contributed by atoms with E-state index in [4.69, 9.17) is 0 Å². The first-order valence-corrected chi connectivity index (χ1v) is 5.62. The van der Waals surface area contributed by atoms with Gasteiger partial charge >= 0.3 is 0 Å². The van der Waals surface area contributed by atoms with E-state index in [9.17, 15) is 0 Å². The summed E-state index contributed by atoms with van der Waals surface area (Å²) in [6, 6.07) is 1.41. The van der Waals surface area contributed by atoms with E-state index in [2.05, 4.69) is 37.9 Å². The van der Waals surface area contributed by atoms with E-state index >= 15 is 0 Å². The largest absolute Gasteiger partial charge is 0.314 e. The van der Waals surface area contributed by atoms with Crippen LogP contribution in [0, 0.1) is 5.92 Å². The molecule has 13 heavy (non-hydrogen) atoms. The standard InChI is InChI=1S/C11H24N2/c1-5-13(9(2)3)8-11-6-7-12-10(11)4/h9-12H,5-8H2,1-4H3. The predicted octanol–water partition coefficient (Wildman–Crippen LogP) is 1.71. The van der Waals surface area contributed by atoms with Crippen LogP contribution >= 0.6 is 0 Å². The third kappa shape index (κ3) is 2.96. The fraction of sp³-hybridized carbons (Fsp3) is 1.00. The van der Waals surface area contributed by atoms with Crippen LogP contribution in [0.4, 0.5) is 0 Å². The van der Waals surface area contributed by atoms with Gasteiger partial charge in [0.05, 0.1) is 0 Å². The summed E-state index contributed by atoms with van der Waals surface area (Å²) in [5.41, 5.74) is 0. The molecule has 0 spiro atoms. The molecule has 2 atom stereocenters. The van der Waals surface area contributed by atoms with Crippen LogP contribution in [-0.4, -0.2) is 36.6 Å². The van der Waals surface area contributed by atoms with Gasteiger partial charge in [-0.2, -0.15) is 0 Å². The Bertz CT molecular complexity index is 145. The van der Waals surface area contributed by atoms with Crippen molar-refractivity contribution in [2.24, 2.45) is 5.92 Å². The molecule has 1 fully saturated rings. The second-order valence-corrected chi connectivity index (χ2v) is 4.47. The maximum absolute atomic E-state index is 3.51. The third-order valence-electron chi connectivity index (χ3n) is 3.29. The minimum atomic E-state index is 0.692. The molecule has 1 saturated heterocycles. The minimum Gasteiger partial charge on any atom is -0.314 e. The van der Waals surface area contributed by atoms with E-state index in [0.29, 0.717) is 12.1 Å². The lowest BCUT2D eigenvalue weighted by atomic mass is 10.0. The fourth-order valence-corrected chi connectivity index (χ4v) is 2.17. The lowest BCUT2D eigenvalue weighted by molar-refractivity contribution is 0.191. The van der Waals surface area contributed by atoms with Gasteiger partial charge in [-0.25, -0.2) is 0 Å². The maximum atomic E-state index is 3.51. The van der Waals surface area contributed by atoms with Crippen LogP contribution in [-0.2, 0) is 0 Å². The lowest BCUT2D eigenvalue weighted by Crippen LogP contribution is -2.38. The molecule has 2 unspecified atom stereocenters. The average molecular weight is 184 g/mol. The third-order valence-corrected chi connectivity index (χ3v) is 3.29. The summed E-state index contributed by atoms with van der Waals surface area (Å²) < 4.78 is 0. The first-order valence-electron chi connectivity index (χ1n) is 5.62. The summed E-state index contributed by atoms with van der Waals surface area (Å²) in [5, 5.41) is 3.51. The zero-order valence-electron chi connectivity index (χ0n) is 9.51. The smallest absolute Gasteiger partial charge is 0.00796 e. The second-order valence-electron chi connectivity index (χ2n) is 4.47. The summed E-state index contributed by atoms with van der Waals surface area (Å²) in [7, 11) is 0. The van der Waals surface area contributed by atoms with Gasteiger partial charge in [0, 0.05) is 18.6 Å². The molecule has 0 aliphatic carbocycles. The summed E-state index contributed by atoms with van der Waals surface area (Å²) in [5.74, 6) is 0.863. The molecule has 0 amide bonds. The number of rotatable bonds is 4. The first kappa shape index (κ1) is 11.0. The van der Waals surface area contributed by atoms with Crippen LogP contribution < -0.4 is 5.32 Å². The molecule has 0 bridgehead atoms. The maximum Gasteiger partial charge on any atom is 0.00796 e. The molecule has 78 valence electrons. The van der Waals surface area contributed by atoms with Gasteiger partial charge < -0.3 is 10.2 Å². The van der Waals surface area contributed by atoms with Gasteiger partial charge in [-0.1, -0.05) is 6.92 Å². The highest BCUT2D eigenvalue weighted by atomic mass is 15.1. The summed E-state index contributed by atoms with van der Waals surface area (Å²) in [4.78, 5) is 2.56. The molecule has 0 aromatic carbocycles. The Morgan fingerprint density at radius 1 is 1.46 bits per heavy atom. The summed E-state index contributed by atoms with van der Waals surface area (Å²) in [6.45, 7) is 12.8. The van der Waals surface area contributed by atoms with Gasteiger partial charge in [0.2, 0.25) is 0 Å². The van der Waals surface area contributed by atoms with Crippen molar-refractivity contribution >= 4 is 0 Å². The van der Waals surface area contributed by atoms with Crippen molar-refractivity contribution in [1.82, 2.24) is 10.2 Å². The summed E-state index contributed by atoms with van der Waals surface area (Å²) in [6.07, 6.45) is 1.35. The molecular formula is C11H24N2. The van der Waals surface area contributed by atoms with E-state index < -0.39 is 0 Å². The molecule has 0 aromatic heterocycles. The number of nitrogens with zero attached hydrogens (tertiary/aromatic N) is 1. The van der Waals surface area contributed by atoms with E-state index in [-0.39, 0.29) is 0 Å². The van der Waals surface area contributed by atoms with Gasteiger partial charge in [-0.15, -0.1) is 0 Å². The van der Waals surface area contributed by atoms with Gasteiger partial charge in [0.15, 0.2) is 0 Å². The summed E-state index contributed by atoms with van der Waals surface area (Å²) >= 11 is 0. The van der Waals surface area contributed by atoms with Gasteiger partial charge in [0.25, 0.3) is 0 Å². The zero-order valence-corrected chi connectivity index (χ0v) is 9.51. The Morgan fingerprint density at radius 3 is 2.54 bits per heavy atom. The highest BCUT2D eigenvalue weighted by molar-refractivity contribution is 4.82. The van der Waals surface area contributed by atoms with Crippen molar-refractivity contribution in [3.05, 3.63) is 0 Å². The zero-order chi connectivity index (χ0) is 9.84. The molecule has 0 aromatic rings. The number of hydrogen-bond donors (Lipinski definition) is 1. The molecule has 1 aliphatic heterocycles. The molecule has 1 rings (SSSR count). The highest BCUT2D eigenvalue weighted by Gasteiger charge is 2.24. The molecule has 1 heterocycles. The Hall–Kier alpha value is -0.0800. The van der Waals surface area contributed by atoms with Crippen molar-refractivity contribution in [3.63, 3.8) is 0 Å². The monoisotopic (exact) mass is 184 g/mol. The molecule has 1 aliphatic rings. The van der Waals surface area contributed by atoms with E-state index in [0.717, 1.165) is 5.92 Å². The van der Waals surface area contributed by atoms with Crippen molar-refractivity contribution in [3.8, 4) is 0 Å². The van der Waals surface area contributed by atoms with Crippen molar-refractivity contribution in [1.29, 1.82) is 0 Å². The van der Waals surface area contributed by atoms with Crippen molar-refractivity contribution in [2.45, 2.75) is 46.2 Å². The topological polar surface area (TPSA) is 15.3 Å². The molecule has 2 heteroatoms. The highest BCUT2D eigenvalue weighted by Crippen LogP contribution is 2.17. The van der Waals surface area contributed by atoms with Crippen LogP contribution in [0.25, 0.3) is 0 Å². The fourth-order valence-electron chi connectivity index (χ4n) is 2.17. The minimum absolute atomic E-state index is 0.692. The Kier molecular flexibility index (Phi) is 4.20. The van der Waals surface area contributed by atoms with Crippen LogP contribution in [0.3, 0.4) is 0 Å². The first-order chi connectivity index (χ1) is 6.15. The molecule has 0 saturated carbocycles. The second kappa shape index (κ2) is 4.97. The Balaban J connectivity index is 2.36. The number of nitrogens with one attached hydrogen (secondary N) is 1. The van der Waals surface area contributed by atoms with Gasteiger partial charge in [-0.05, 0) is 46.2 Å².